The fraction of sp³-hybridized carbons (Fsp3) is 0.0968. The molecule has 38 heavy (non-hydrogen) atoms. The Kier molecular flexibility index (Phi) is 7.08. The van der Waals surface area contributed by atoms with Gasteiger partial charge >= 0.3 is 0 Å². The summed E-state index contributed by atoms with van der Waals surface area (Å²) in [6.45, 7) is 0. The Labute approximate surface area is 220 Å². The summed E-state index contributed by atoms with van der Waals surface area (Å²) in [5.41, 5.74) is 4.86. The number of hydrogen-bond acceptors (Lipinski definition) is 4. The zero-order valence-electron chi connectivity index (χ0n) is 20.4. The van der Waals surface area contributed by atoms with Crippen molar-refractivity contribution in [2.45, 2.75) is 18.4 Å². The summed E-state index contributed by atoms with van der Waals surface area (Å²) in [6.07, 6.45) is -0.256. The highest BCUT2D eigenvalue weighted by Gasteiger charge is 2.46. The smallest absolute Gasteiger partial charge is 0.273 e. The average molecular weight is 504 g/mol. The maximum atomic E-state index is 13.9. The van der Waals surface area contributed by atoms with Crippen LogP contribution in [0.2, 0.25) is 0 Å². The van der Waals surface area contributed by atoms with Gasteiger partial charge in [-0.3, -0.25) is 24.6 Å². The zero-order chi connectivity index (χ0) is 26.5. The van der Waals surface area contributed by atoms with Crippen molar-refractivity contribution in [3.05, 3.63) is 138 Å². The third-order valence-electron chi connectivity index (χ3n) is 6.45. The highest BCUT2D eigenvalue weighted by Crippen LogP contribution is 2.28. The van der Waals surface area contributed by atoms with Crippen LogP contribution in [0.5, 0.6) is 0 Å². The van der Waals surface area contributed by atoms with Gasteiger partial charge in [-0.25, -0.2) is 9.91 Å². The van der Waals surface area contributed by atoms with Gasteiger partial charge in [0, 0.05) is 5.56 Å². The van der Waals surface area contributed by atoms with Crippen molar-refractivity contribution in [2.24, 2.45) is 0 Å². The number of hydrazine groups is 1. The first-order valence-corrected chi connectivity index (χ1v) is 12.3. The average Bonchev–Trinajstić information content (AvgIpc) is 3.26. The first-order chi connectivity index (χ1) is 18.5. The van der Waals surface area contributed by atoms with E-state index in [1.807, 2.05) is 60.7 Å². The van der Waals surface area contributed by atoms with Crippen molar-refractivity contribution in [1.29, 1.82) is 0 Å². The van der Waals surface area contributed by atoms with Crippen LogP contribution in [0, 0.1) is 0 Å². The van der Waals surface area contributed by atoms with Gasteiger partial charge in [0.15, 0.2) is 0 Å². The molecule has 4 aromatic rings. The van der Waals surface area contributed by atoms with Gasteiger partial charge in [-0.15, -0.1) is 0 Å². The number of rotatable bonds is 6. The molecule has 4 amide bonds. The van der Waals surface area contributed by atoms with E-state index in [0.717, 1.165) is 21.0 Å². The molecule has 1 atom stereocenters. The van der Waals surface area contributed by atoms with E-state index in [1.54, 1.807) is 60.7 Å². The molecule has 1 heterocycles. The Morgan fingerprint density at radius 3 is 1.71 bits per heavy atom. The summed E-state index contributed by atoms with van der Waals surface area (Å²) in [7, 11) is 0. The van der Waals surface area contributed by atoms with Crippen molar-refractivity contribution in [3.63, 3.8) is 0 Å². The highest BCUT2D eigenvalue weighted by atomic mass is 16.2. The van der Waals surface area contributed by atoms with Gasteiger partial charge in [0.05, 0.1) is 18.0 Å². The molecule has 4 aromatic carbocycles. The van der Waals surface area contributed by atoms with Crippen LogP contribution in [0.15, 0.2) is 121 Å². The van der Waals surface area contributed by atoms with Crippen LogP contribution in [0.25, 0.3) is 0 Å². The summed E-state index contributed by atoms with van der Waals surface area (Å²) < 4.78 is 0. The molecule has 1 aliphatic rings. The van der Waals surface area contributed by atoms with Crippen LogP contribution in [-0.2, 0) is 14.4 Å². The first-order valence-electron chi connectivity index (χ1n) is 12.3. The Morgan fingerprint density at radius 1 is 0.711 bits per heavy atom. The number of hydrogen-bond donors (Lipinski definition) is 1. The molecule has 0 aromatic heterocycles. The zero-order valence-corrected chi connectivity index (χ0v) is 20.4. The van der Waals surface area contributed by atoms with E-state index in [0.29, 0.717) is 5.69 Å². The first kappa shape index (κ1) is 24.6. The molecule has 188 valence electrons. The molecule has 0 aliphatic carbocycles. The number of para-hydroxylation sites is 1. The normalized spacial score (nSPS) is 15.0. The van der Waals surface area contributed by atoms with Crippen LogP contribution in [-0.4, -0.2) is 34.7 Å². The van der Waals surface area contributed by atoms with Gasteiger partial charge in [0.1, 0.15) is 6.04 Å². The lowest BCUT2D eigenvalue weighted by atomic mass is 9.91. The van der Waals surface area contributed by atoms with Crippen LogP contribution in [0.3, 0.4) is 0 Å². The van der Waals surface area contributed by atoms with E-state index < -0.39 is 35.6 Å². The second-order valence-electron chi connectivity index (χ2n) is 8.89. The summed E-state index contributed by atoms with van der Waals surface area (Å²) >= 11 is 0. The van der Waals surface area contributed by atoms with Crippen molar-refractivity contribution in [2.75, 3.05) is 4.90 Å². The third-order valence-corrected chi connectivity index (χ3v) is 6.45. The highest BCUT2D eigenvalue weighted by molar-refractivity contribution is 6.23. The minimum Gasteiger partial charge on any atom is -0.274 e. The fourth-order valence-corrected chi connectivity index (χ4v) is 4.63. The van der Waals surface area contributed by atoms with E-state index in [1.165, 1.54) is 0 Å². The van der Waals surface area contributed by atoms with Crippen molar-refractivity contribution in [3.8, 4) is 0 Å². The fourth-order valence-electron chi connectivity index (χ4n) is 4.63. The molecular weight excluding hydrogens is 478 g/mol. The lowest BCUT2D eigenvalue weighted by Crippen LogP contribution is -2.55. The quantitative estimate of drug-likeness (QED) is 0.314. The molecule has 0 saturated carbocycles. The predicted octanol–water partition coefficient (Wildman–Crippen LogP) is 4.32. The van der Waals surface area contributed by atoms with Crippen LogP contribution in [0.4, 0.5) is 5.69 Å². The van der Waals surface area contributed by atoms with E-state index in [9.17, 15) is 19.2 Å². The topological polar surface area (TPSA) is 86.8 Å². The van der Waals surface area contributed by atoms with E-state index in [4.69, 9.17) is 0 Å². The maximum Gasteiger partial charge on any atom is 0.273 e. The summed E-state index contributed by atoms with van der Waals surface area (Å²) in [4.78, 5) is 55.1. The largest absolute Gasteiger partial charge is 0.274 e. The monoisotopic (exact) mass is 503 g/mol. The van der Waals surface area contributed by atoms with Gasteiger partial charge in [0.2, 0.25) is 5.91 Å². The number of imide groups is 1. The van der Waals surface area contributed by atoms with Crippen LogP contribution >= 0.6 is 0 Å². The van der Waals surface area contributed by atoms with Gasteiger partial charge in [-0.1, -0.05) is 97.1 Å². The minimum absolute atomic E-state index is 0.256. The summed E-state index contributed by atoms with van der Waals surface area (Å²) in [6, 6.07) is 34.1. The molecule has 1 aliphatic heterocycles. The van der Waals surface area contributed by atoms with Crippen LogP contribution < -0.4 is 10.3 Å². The number of benzene rings is 4. The molecule has 1 fully saturated rings. The van der Waals surface area contributed by atoms with Gasteiger partial charge < -0.3 is 0 Å². The number of nitrogens with one attached hydrogen (secondary N) is 1. The van der Waals surface area contributed by atoms with Gasteiger partial charge in [0.25, 0.3) is 17.7 Å². The number of anilines is 1. The third kappa shape index (κ3) is 4.95. The summed E-state index contributed by atoms with van der Waals surface area (Å²) in [5, 5.41) is 1.01. The van der Waals surface area contributed by atoms with Crippen molar-refractivity contribution in [1.82, 2.24) is 10.4 Å². The van der Waals surface area contributed by atoms with Gasteiger partial charge in [-0.2, -0.15) is 0 Å². The Hall–Kier alpha value is -5.04. The van der Waals surface area contributed by atoms with E-state index in [-0.39, 0.29) is 12.0 Å². The molecule has 7 nitrogen and oxygen atoms in total. The van der Waals surface area contributed by atoms with Crippen LogP contribution in [0.1, 0.15) is 33.8 Å². The molecule has 5 rings (SSSR count). The standard InChI is InChI=1S/C31H25N3O4/c35-27-21-26(31(38)33(27)25-19-11-4-12-20-25)34(30(37)24-17-9-3-10-18-24)32-29(36)28(22-13-5-1-6-14-22)23-15-7-2-8-16-23/h1-20,26,28H,21H2,(H,32,36). The molecule has 0 spiro atoms. The maximum absolute atomic E-state index is 13.9. The van der Waals surface area contributed by atoms with E-state index >= 15 is 0 Å². The number of nitrogens with zero attached hydrogens (tertiary/aromatic N) is 2. The van der Waals surface area contributed by atoms with Crippen molar-refractivity contribution < 1.29 is 19.2 Å². The lowest BCUT2D eigenvalue weighted by Gasteiger charge is -2.30. The molecule has 1 saturated heterocycles. The molecule has 7 heteroatoms. The Balaban J connectivity index is 1.52. The minimum atomic E-state index is -1.20. The molecule has 1 unspecified atom stereocenters. The summed E-state index contributed by atoms with van der Waals surface area (Å²) in [5.74, 6) is -2.86. The SMILES string of the molecule is O=C(NN(C(=O)c1ccccc1)C1CC(=O)N(c2ccccc2)C1=O)C(c1ccccc1)c1ccccc1. The number of carbonyl (C=O) groups excluding carboxylic acids is 4. The van der Waals surface area contributed by atoms with E-state index in [2.05, 4.69) is 5.43 Å². The second kappa shape index (κ2) is 10.9. The number of carbonyl (C=O) groups is 4. The predicted molar refractivity (Wildman–Crippen MR) is 143 cm³/mol. The lowest BCUT2D eigenvalue weighted by molar-refractivity contribution is -0.129. The molecule has 1 N–H and O–H groups in total. The second-order valence-corrected chi connectivity index (χ2v) is 8.89. The Bertz CT molecular complexity index is 1400. The molecular formula is C31H25N3O4. The molecule has 0 radical (unpaired) electrons. The van der Waals surface area contributed by atoms with Crippen molar-refractivity contribution >= 4 is 29.3 Å². The number of amides is 4. The van der Waals surface area contributed by atoms with Gasteiger partial charge in [-0.05, 0) is 35.4 Å². The Morgan fingerprint density at radius 2 is 1.18 bits per heavy atom. The molecule has 0 bridgehead atoms.